The molecule has 0 saturated heterocycles. The smallest absolute Gasteiger partial charge is 0.273 e. The van der Waals surface area contributed by atoms with Gasteiger partial charge in [-0.2, -0.15) is 28.5 Å². The van der Waals surface area contributed by atoms with Gasteiger partial charge in [0, 0.05) is 24.6 Å². The van der Waals surface area contributed by atoms with Crippen molar-refractivity contribution >= 4 is 46.2 Å². The van der Waals surface area contributed by atoms with E-state index in [2.05, 4.69) is 5.10 Å². The van der Waals surface area contributed by atoms with Crippen LogP contribution in [0.2, 0.25) is 10.0 Å². The number of halogens is 5. The Kier molecular flexibility index (Phi) is 6.46. The molecule has 0 bridgehead atoms. The Labute approximate surface area is 171 Å². The van der Waals surface area contributed by atoms with Gasteiger partial charge in [-0.05, 0) is 24.3 Å². The topological polar surface area (TPSA) is 99.6 Å². The molecule has 0 aliphatic heterocycles. The van der Waals surface area contributed by atoms with Gasteiger partial charge < -0.3 is 0 Å². The van der Waals surface area contributed by atoms with Crippen LogP contribution in [0, 0.1) is 21.4 Å². The van der Waals surface area contributed by atoms with Gasteiger partial charge in [0.15, 0.2) is 5.71 Å². The average Bonchev–Trinajstić information content (AvgIpc) is 2.62. The van der Waals surface area contributed by atoms with Crippen molar-refractivity contribution in [3.05, 3.63) is 67.7 Å². The van der Waals surface area contributed by atoms with Crippen LogP contribution in [-0.2, 0) is 11.0 Å². The third-order valence-electron chi connectivity index (χ3n) is 3.51. The van der Waals surface area contributed by atoms with Crippen LogP contribution in [0.25, 0.3) is 0 Å². The van der Waals surface area contributed by atoms with Gasteiger partial charge in [0.25, 0.3) is 5.69 Å². The number of benzene rings is 2. The molecular formula is C17H9Cl2F3N4O3. The average molecular weight is 445 g/mol. The standard InChI is InChI=1S/C17H9Cl2F3N4O3/c1-9(27)25(16-13(18)6-11(7-14(16)19)17(20,21)22)24-15(8-23)10-2-4-12(5-3-10)26(28)29/h2-7H,1H3/b24-15+. The predicted molar refractivity (Wildman–Crippen MR) is 99.9 cm³/mol. The van der Waals surface area contributed by atoms with Crippen molar-refractivity contribution in [2.75, 3.05) is 5.01 Å². The van der Waals surface area contributed by atoms with Gasteiger partial charge in [-0.25, -0.2) is 0 Å². The van der Waals surface area contributed by atoms with E-state index in [0.29, 0.717) is 17.1 Å². The SMILES string of the molecule is CC(=O)N(/N=C(\C#N)c1ccc([N+](=O)[O-])cc1)c1c(Cl)cc(C(F)(F)F)cc1Cl. The maximum Gasteiger partial charge on any atom is 0.416 e. The Morgan fingerprint density at radius 2 is 1.72 bits per heavy atom. The zero-order valence-corrected chi connectivity index (χ0v) is 15.9. The molecule has 0 aromatic heterocycles. The second kappa shape index (κ2) is 8.46. The molecule has 0 radical (unpaired) electrons. The van der Waals surface area contributed by atoms with E-state index in [-0.39, 0.29) is 22.6 Å². The molecule has 0 spiro atoms. The van der Waals surface area contributed by atoms with Gasteiger partial charge in [0.2, 0.25) is 5.91 Å². The molecule has 1 amide bonds. The summed E-state index contributed by atoms with van der Waals surface area (Å²) in [6, 6.07) is 7.58. The van der Waals surface area contributed by atoms with Crippen LogP contribution >= 0.6 is 23.2 Å². The number of hydrogen-bond donors (Lipinski definition) is 0. The highest BCUT2D eigenvalue weighted by atomic mass is 35.5. The van der Waals surface area contributed by atoms with E-state index in [1.807, 2.05) is 0 Å². The summed E-state index contributed by atoms with van der Waals surface area (Å²) in [7, 11) is 0. The summed E-state index contributed by atoms with van der Waals surface area (Å²) >= 11 is 11.8. The van der Waals surface area contributed by atoms with Gasteiger partial charge in [-0.3, -0.25) is 14.9 Å². The fraction of sp³-hybridized carbons (Fsp3) is 0.118. The number of hydrogen-bond acceptors (Lipinski definition) is 5. The van der Waals surface area contributed by atoms with Gasteiger partial charge in [0.05, 0.1) is 20.5 Å². The van der Waals surface area contributed by atoms with Crippen LogP contribution in [-0.4, -0.2) is 16.5 Å². The summed E-state index contributed by atoms with van der Waals surface area (Å²) in [5.74, 6) is -0.789. The predicted octanol–water partition coefficient (Wildman–Crippen LogP) is 5.20. The van der Waals surface area contributed by atoms with Crippen molar-refractivity contribution in [3.8, 4) is 6.07 Å². The summed E-state index contributed by atoms with van der Waals surface area (Å²) in [5.41, 5.74) is -1.92. The molecule has 2 rings (SSSR count). The number of nitrogens with zero attached hydrogens (tertiary/aromatic N) is 4. The fourth-order valence-corrected chi connectivity index (χ4v) is 2.84. The summed E-state index contributed by atoms with van der Waals surface area (Å²) in [5, 5.41) is 23.5. The van der Waals surface area contributed by atoms with E-state index in [1.54, 1.807) is 6.07 Å². The minimum Gasteiger partial charge on any atom is -0.273 e. The first-order valence-corrected chi connectivity index (χ1v) is 8.31. The highest BCUT2D eigenvalue weighted by Gasteiger charge is 2.33. The number of nitro groups is 1. The van der Waals surface area contributed by atoms with Crippen LogP contribution < -0.4 is 5.01 Å². The summed E-state index contributed by atoms with van der Waals surface area (Å²) < 4.78 is 38.7. The van der Waals surface area contributed by atoms with Crippen molar-refractivity contribution in [2.45, 2.75) is 13.1 Å². The van der Waals surface area contributed by atoms with E-state index >= 15 is 0 Å². The third-order valence-corrected chi connectivity index (χ3v) is 4.09. The Balaban J connectivity index is 2.58. The maximum absolute atomic E-state index is 12.9. The molecule has 0 fully saturated rings. The van der Waals surface area contributed by atoms with E-state index in [0.717, 1.165) is 19.1 Å². The van der Waals surface area contributed by atoms with Crippen molar-refractivity contribution in [1.82, 2.24) is 0 Å². The molecule has 0 N–H and O–H groups in total. The molecule has 0 atom stereocenters. The largest absolute Gasteiger partial charge is 0.416 e. The number of non-ortho nitro benzene ring substituents is 1. The number of anilines is 1. The van der Waals surface area contributed by atoms with E-state index in [1.165, 1.54) is 12.1 Å². The first kappa shape index (κ1) is 22.1. The molecule has 2 aromatic rings. The number of nitro benzene ring substituents is 1. The van der Waals surface area contributed by atoms with Gasteiger partial charge in [-0.15, -0.1) is 0 Å². The van der Waals surface area contributed by atoms with Gasteiger partial charge in [0.1, 0.15) is 11.8 Å². The Bertz CT molecular complexity index is 1020. The van der Waals surface area contributed by atoms with Crippen molar-refractivity contribution in [2.24, 2.45) is 5.10 Å². The fourth-order valence-electron chi connectivity index (χ4n) is 2.20. The van der Waals surface area contributed by atoms with Crippen molar-refractivity contribution in [1.29, 1.82) is 5.26 Å². The van der Waals surface area contributed by atoms with Crippen LogP contribution in [0.1, 0.15) is 18.1 Å². The minimum absolute atomic E-state index is 0.128. The molecule has 0 heterocycles. The molecule has 0 aliphatic carbocycles. The number of hydrazone groups is 1. The molecule has 2 aromatic carbocycles. The molecule has 7 nitrogen and oxygen atoms in total. The Morgan fingerprint density at radius 1 is 1.21 bits per heavy atom. The lowest BCUT2D eigenvalue weighted by Gasteiger charge is -2.20. The summed E-state index contributed by atoms with van der Waals surface area (Å²) in [4.78, 5) is 22.1. The van der Waals surface area contributed by atoms with Crippen molar-refractivity contribution in [3.63, 3.8) is 0 Å². The number of nitriles is 1. The lowest BCUT2D eigenvalue weighted by molar-refractivity contribution is -0.384. The summed E-state index contributed by atoms with van der Waals surface area (Å²) in [6.45, 7) is 1.04. The zero-order valence-electron chi connectivity index (χ0n) is 14.4. The van der Waals surface area contributed by atoms with Crippen molar-refractivity contribution < 1.29 is 22.9 Å². The number of carbonyl (C=O) groups is 1. The third kappa shape index (κ3) is 5.01. The normalized spacial score (nSPS) is 11.7. The van der Waals surface area contributed by atoms with Gasteiger partial charge in [-0.1, -0.05) is 23.2 Å². The Morgan fingerprint density at radius 3 is 2.10 bits per heavy atom. The zero-order chi connectivity index (χ0) is 21.9. The Hall–Kier alpha value is -3.16. The molecular weight excluding hydrogens is 436 g/mol. The van der Waals surface area contributed by atoms with Crippen LogP contribution in [0.15, 0.2) is 41.5 Å². The van der Waals surface area contributed by atoms with Gasteiger partial charge >= 0.3 is 6.18 Å². The number of alkyl halides is 3. The molecule has 0 unspecified atom stereocenters. The first-order valence-electron chi connectivity index (χ1n) is 7.56. The highest BCUT2D eigenvalue weighted by Crippen LogP contribution is 2.40. The van der Waals surface area contributed by atoms with E-state index in [4.69, 9.17) is 23.2 Å². The number of rotatable bonds is 4. The second-order valence-corrected chi connectivity index (χ2v) is 6.30. The maximum atomic E-state index is 12.9. The van der Waals surface area contributed by atoms with Crippen LogP contribution in [0.4, 0.5) is 24.5 Å². The number of carbonyl (C=O) groups excluding carboxylic acids is 1. The van der Waals surface area contributed by atoms with Crippen LogP contribution in [0.3, 0.4) is 0 Å². The first-order chi connectivity index (χ1) is 13.5. The van der Waals surface area contributed by atoms with Crippen LogP contribution in [0.5, 0.6) is 0 Å². The quantitative estimate of drug-likeness (QED) is 0.367. The second-order valence-electron chi connectivity index (χ2n) is 5.48. The molecule has 150 valence electrons. The molecule has 0 aliphatic rings. The van der Waals surface area contributed by atoms with E-state index < -0.39 is 32.6 Å². The monoisotopic (exact) mass is 444 g/mol. The minimum atomic E-state index is -4.72. The molecule has 29 heavy (non-hydrogen) atoms. The summed E-state index contributed by atoms with van der Waals surface area (Å²) in [6.07, 6.45) is -4.72. The lowest BCUT2D eigenvalue weighted by atomic mass is 10.1. The lowest BCUT2D eigenvalue weighted by Crippen LogP contribution is -2.25. The highest BCUT2D eigenvalue weighted by molar-refractivity contribution is 6.40. The molecule has 0 saturated carbocycles. The molecule has 12 heteroatoms. The number of amides is 1. The van der Waals surface area contributed by atoms with E-state index in [9.17, 15) is 33.3 Å².